The minimum Gasteiger partial charge on any atom is -0.444 e. The molecule has 24 heavy (non-hydrogen) atoms. The van der Waals surface area contributed by atoms with E-state index in [0.29, 0.717) is 6.54 Å². The van der Waals surface area contributed by atoms with Gasteiger partial charge in [0.25, 0.3) is 0 Å². The molecule has 0 spiro atoms. The molecule has 0 aliphatic carbocycles. The Kier molecular flexibility index (Phi) is 9.18. The lowest BCUT2D eigenvalue weighted by atomic mass is 10.1. The first-order valence-corrected chi connectivity index (χ1v) is 8.19. The van der Waals surface area contributed by atoms with Crippen LogP contribution in [0.15, 0.2) is 12.3 Å². The van der Waals surface area contributed by atoms with Gasteiger partial charge in [0, 0.05) is 18.3 Å². The van der Waals surface area contributed by atoms with Crippen LogP contribution in [0.5, 0.6) is 0 Å². The van der Waals surface area contributed by atoms with Gasteiger partial charge in [0.15, 0.2) is 17.6 Å². The summed E-state index contributed by atoms with van der Waals surface area (Å²) in [5, 5.41) is 11.8. The first-order chi connectivity index (χ1) is 11.5. The van der Waals surface area contributed by atoms with Gasteiger partial charge in [-0.3, -0.25) is 10.7 Å². The lowest BCUT2D eigenvalue weighted by molar-refractivity contribution is 0.143. The van der Waals surface area contributed by atoms with E-state index in [1.54, 1.807) is 0 Å². The van der Waals surface area contributed by atoms with E-state index in [1.165, 1.54) is 37.9 Å². The van der Waals surface area contributed by atoms with E-state index in [0.717, 1.165) is 12.8 Å². The summed E-state index contributed by atoms with van der Waals surface area (Å²) in [7, 11) is 0. The molecule has 134 valence electrons. The number of halogens is 1. The maximum absolute atomic E-state index is 14.3. The predicted molar refractivity (Wildman–Crippen MR) is 91.3 cm³/mol. The molecule has 7 nitrogen and oxygen atoms in total. The number of hydrogen-bond donors (Lipinski definition) is 4. The normalized spacial score (nSPS) is 10.2. The molecule has 8 heteroatoms. The van der Waals surface area contributed by atoms with Crippen LogP contribution in [0.1, 0.15) is 51.0 Å². The third kappa shape index (κ3) is 7.75. The second-order valence-corrected chi connectivity index (χ2v) is 5.44. The molecule has 1 amide bonds. The van der Waals surface area contributed by atoms with E-state index in [1.807, 2.05) is 5.32 Å². The molecule has 0 aliphatic heterocycles. The minimum atomic E-state index is -0.902. The van der Waals surface area contributed by atoms with Crippen LogP contribution in [0.3, 0.4) is 0 Å². The summed E-state index contributed by atoms with van der Waals surface area (Å²) in [5.74, 6) is -0.924. The SMILES string of the molecule is CCCCCCCCNc1nccc(COC(=O)NC(=N)N)c1F. The van der Waals surface area contributed by atoms with Crippen molar-refractivity contribution in [1.82, 2.24) is 10.3 Å². The van der Waals surface area contributed by atoms with E-state index in [-0.39, 0.29) is 18.0 Å². The lowest BCUT2D eigenvalue weighted by Crippen LogP contribution is -2.36. The number of anilines is 1. The van der Waals surface area contributed by atoms with Crippen molar-refractivity contribution in [3.63, 3.8) is 0 Å². The summed E-state index contributed by atoms with van der Waals surface area (Å²) in [6.07, 6.45) is 7.49. The number of amides is 1. The smallest absolute Gasteiger partial charge is 0.414 e. The largest absolute Gasteiger partial charge is 0.444 e. The van der Waals surface area contributed by atoms with Crippen molar-refractivity contribution in [3.05, 3.63) is 23.6 Å². The highest BCUT2D eigenvalue weighted by Crippen LogP contribution is 2.16. The van der Waals surface area contributed by atoms with E-state index >= 15 is 0 Å². The number of pyridine rings is 1. The number of nitrogens with one attached hydrogen (secondary N) is 3. The average Bonchev–Trinajstić information content (AvgIpc) is 2.53. The van der Waals surface area contributed by atoms with E-state index < -0.39 is 17.9 Å². The predicted octanol–water partition coefficient (Wildman–Crippen LogP) is 3.11. The number of rotatable bonds is 10. The maximum atomic E-state index is 14.3. The quantitative estimate of drug-likeness (QED) is 0.297. The topological polar surface area (TPSA) is 113 Å². The van der Waals surface area contributed by atoms with Crippen LogP contribution in [-0.2, 0) is 11.3 Å². The monoisotopic (exact) mass is 339 g/mol. The van der Waals surface area contributed by atoms with E-state index in [9.17, 15) is 9.18 Å². The van der Waals surface area contributed by atoms with Gasteiger partial charge < -0.3 is 15.8 Å². The zero-order chi connectivity index (χ0) is 17.8. The fraction of sp³-hybridized carbons (Fsp3) is 0.562. The molecule has 5 N–H and O–H groups in total. The summed E-state index contributed by atoms with van der Waals surface area (Å²) >= 11 is 0. The molecule has 0 saturated carbocycles. The zero-order valence-corrected chi connectivity index (χ0v) is 14.0. The molecule has 0 atom stereocenters. The molecule has 0 unspecified atom stereocenters. The molecular formula is C16H26FN5O2. The number of hydrogen-bond acceptors (Lipinski definition) is 5. The zero-order valence-electron chi connectivity index (χ0n) is 14.0. The first kappa shape index (κ1) is 19.7. The summed E-state index contributed by atoms with van der Waals surface area (Å²) < 4.78 is 19.0. The molecule has 0 bridgehead atoms. The standard InChI is InChI=1S/C16H26FN5O2/c1-2-3-4-5-6-7-9-20-14-13(17)12(8-10-21-14)11-24-16(23)22-15(18)19/h8,10H,2-7,9,11H2,1H3,(H,20,21)(H4,18,19,22,23). The molecule has 0 saturated heterocycles. The van der Waals surface area contributed by atoms with Crippen molar-refractivity contribution in [3.8, 4) is 0 Å². The number of carbonyl (C=O) groups excluding carboxylic acids is 1. The minimum absolute atomic E-state index is 0.150. The van der Waals surface area contributed by atoms with E-state index in [2.05, 4.69) is 17.2 Å². The summed E-state index contributed by atoms with van der Waals surface area (Å²) in [4.78, 5) is 15.2. The molecule has 1 aromatic heterocycles. The van der Waals surface area contributed by atoms with Crippen LogP contribution in [0.25, 0.3) is 0 Å². The lowest BCUT2D eigenvalue weighted by Gasteiger charge is -2.10. The Morgan fingerprint density at radius 3 is 2.75 bits per heavy atom. The Balaban J connectivity index is 2.39. The number of alkyl carbamates (subject to hydrolysis) is 1. The molecule has 1 aromatic rings. The van der Waals surface area contributed by atoms with Crippen LogP contribution < -0.4 is 16.4 Å². The molecular weight excluding hydrogens is 313 g/mol. The Morgan fingerprint density at radius 2 is 2.04 bits per heavy atom. The van der Waals surface area contributed by atoms with Crippen molar-refractivity contribution < 1.29 is 13.9 Å². The highest BCUT2D eigenvalue weighted by Gasteiger charge is 2.11. The van der Waals surface area contributed by atoms with Gasteiger partial charge in [-0.2, -0.15) is 0 Å². The number of nitrogens with zero attached hydrogens (tertiary/aromatic N) is 1. The fourth-order valence-corrected chi connectivity index (χ4v) is 2.12. The number of guanidine groups is 1. The van der Waals surface area contributed by atoms with Gasteiger partial charge in [0.2, 0.25) is 0 Å². The summed E-state index contributed by atoms with van der Waals surface area (Å²) in [6, 6.07) is 1.44. The Bertz CT molecular complexity index is 539. The Morgan fingerprint density at radius 1 is 1.33 bits per heavy atom. The summed E-state index contributed by atoms with van der Waals surface area (Å²) in [5.41, 5.74) is 5.20. The van der Waals surface area contributed by atoms with Gasteiger partial charge in [0.1, 0.15) is 6.61 Å². The molecule has 1 heterocycles. The molecule has 0 radical (unpaired) electrons. The number of nitrogens with two attached hydrogens (primary N) is 1. The van der Waals surface area contributed by atoms with Crippen molar-refractivity contribution >= 4 is 17.9 Å². The number of ether oxygens (including phenoxy) is 1. The third-order valence-electron chi connectivity index (χ3n) is 3.39. The third-order valence-corrected chi connectivity index (χ3v) is 3.39. The molecule has 1 rings (SSSR count). The second-order valence-electron chi connectivity index (χ2n) is 5.44. The first-order valence-electron chi connectivity index (χ1n) is 8.19. The van der Waals surface area contributed by atoms with Crippen LogP contribution in [-0.4, -0.2) is 23.6 Å². The highest BCUT2D eigenvalue weighted by atomic mass is 19.1. The van der Waals surface area contributed by atoms with Crippen LogP contribution in [0.2, 0.25) is 0 Å². The number of carbonyl (C=O) groups is 1. The maximum Gasteiger partial charge on any atom is 0.414 e. The van der Waals surface area contributed by atoms with Gasteiger partial charge in [-0.1, -0.05) is 39.0 Å². The van der Waals surface area contributed by atoms with Gasteiger partial charge in [-0.15, -0.1) is 0 Å². The van der Waals surface area contributed by atoms with Crippen LogP contribution >= 0.6 is 0 Å². The van der Waals surface area contributed by atoms with Crippen molar-refractivity contribution in [2.45, 2.75) is 52.1 Å². The molecule has 0 fully saturated rings. The van der Waals surface area contributed by atoms with Gasteiger partial charge in [0.05, 0.1) is 0 Å². The molecule has 0 aliphatic rings. The molecule has 0 aromatic carbocycles. The Labute approximate surface area is 141 Å². The van der Waals surface area contributed by atoms with E-state index in [4.69, 9.17) is 15.9 Å². The average molecular weight is 339 g/mol. The number of aromatic nitrogens is 1. The van der Waals surface area contributed by atoms with Crippen LogP contribution in [0, 0.1) is 11.2 Å². The number of unbranched alkanes of at least 4 members (excludes halogenated alkanes) is 5. The fourth-order valence-electron chi connectivity index (χ4n) is 2.12. The van der Waals surface area contributed by atoms with Gasteiger partial charge in [-0.05, 0) is 12.5 Å². The van der Waals surface area contributed by atoms with Crippen molar-refractivity contribution in [2.75, 3.05) is 11.9 Å². The van der Waals surface area contributed by atoms with Crippen LogP contribution in [0.4, 0.5) is 15.0 Å². The van der Waals surface area contributed by atoms with Crippen molar-refractivity contribution in [2.24, 2.45) is 5.73 Å². The summed E-state index contributed by atoms with van der Waals surface area (Å²) in [6.45, 7) is 2.56. The highest BCUT2D eigenvalue weighted by molar-refractivity contribution is 5.90. The van der Waals surface area contributed by atoms with Crippen molar-refractivity contribution in [1.29, 1.82) is 5.41 Å². The van der Waals surface area contributed by atoms with Gasteiger partial charge >= 0.3 is 6.09 Å². The second kappa shape index (κ2) is 11.2. The van der Waals surface area contributed by atoms with Gasteiger partial charge in [-0.25, -0.2) is 14.2 Å². The Hall–Kier alpha value is -2.38.